The SMILES string of the molecule is c1c(-n2c3ccccc3c3ccccc32)cc2cc3c(cc2c#1)c1cccc2c4cc5ccc(-n6c7ccccc7c7ccccc76)cc5cc4n3c12. The number of fused-ring (bicyclic) bond motifs is 14. The maximum atomic E-state index is 3.57. The van der Waals surface area contributed by atoms with Crippen LogP contribution in [-0.2, 0) is 0 Å². The van der Waals surface area contributed by atoms with Crippen molar-refractivity contribution in [1.29, 1.82) is 0 Å². The van der Waals surface area contributed by atoms with E-state index in [1.807, 2.05) is 0 Å². The quantitative estimate of drug-likeness (QED) is 0.174. The summed E-state index contributed by atoms with van der Waals surface area (Å²) in [4.78, 5) is 0. The highest BCUT2D eigenvalue weighted by Gasteiger charge is 2.20. The van der Waals surface area contributed by atoms with Crippen LogP contribution >= 0.6 is 0 Å². The summed E-state index contributed by atoms with van der Waals surface area (Å²) in [5.41, 5.74) is 10.7. The molecule has 0 amide bonds. The van der Waals surface area contributed by atoms with Crippen LogP contribution in [0.15, 0.2) is 164 Å². The van der Waals surface area contributed by atoms with Gasteiger partial charge in [-0.05, 0) is 89.0 Å². The molecular formula is C50H27N3. The Morgan fingerprint density at radius 3 is 1.47 bits per heavy atom. The summed E-state index contributed by atoms with van der Waals surface area (Å²) < 4.78 is 7.23. The number of aromatic nitrogens is 3. The van der Waals surface area contributed by atoms with Gasteiger partial charge < -0.3 is 13.5 Å². The van der Waals surface area contributed by atoms with E-state index in [4.69, 9.17) is 0 Å². The summed E-state index contributed by atoms with van der Waals surface area (Å²) in [5.74, 6) is 0. The third-order valence-electron chi connectivity index (χ3n) is 11.7. The van der Waals surface area contributed by atoms with Gasteiger partial charge in [0.25, 0.3) is 0 Å². The number of hydrogen-bond donors (Lipinski definition) is 0. The average Bonchev–Trinajstić information content (AvgIpc) is 3.93. The van der Waals surface area contributed by atoms with Crippen LogP contribution in [0, 0.1) is 12.1 Å². The van der Waals surface area contributed by atoms with Crippen molar-refractivity contribution in [1.82, 2.24) is 13.5 Å². The van der Waals surface area contributed by atoms with Crippen LogP contribution < -0.4 is 0 Å². The van der Waals surface area contributed by atoms with Crippen molar-refractivity contribution in [3.05, 3.63) is 176 Å². The zero-order valence-electron chi connectivity index (χ0n) is 28.4. The minimum absolute atomic E-state index is 0.997. The van der Waals surface area contributed by atoms with Gasteiger partial charge in [-0.2, -0.15) is 0 Å². The summed E-state index contributed by atoms with van der Waals surface area (Å²) in [7, 11) is 0. The van der Waals surface area contributed by atoms with Crippen LogP contribution in [0.25, 0.3) is 115 Å². The number of para-hydroxylation sites is 5. The molecule has 13 rings (SSSR count). The summed E-state index contributed by atoms with van der Waals surface area (Å²) in [6, 6.07) is 67.3. The Balaban J connectivity index is 1.08. The first-order chi connectivity index (χ1) is 26.3. The first-order valence-corrected chi connectivity index (χ1v) is 18.2. The molecule has 0 unspecified atom stereocenters. The van der Waals surface area contributed by atoms with Crippen LogP contribution in [0.1, 0.15) is 0 Å². The minimum atomic E-state index is 0.997. The molecule has 0 saturated heterocycles. The molecule has 3 heteroatoms. The van der Waals surface area contributed by atoms with Gasteiger partial charge in [0.1, 0.15) is 0 Å². The summed E-state index contributed by atoms with van der Waals surface area (Å²) in [5, 5.41) is 14.8. The molecule has 0 aliphatic heterocycles. The van der Waals surface area contributed by atoms with Crippen LogP contribution in [0.3, 0.4) is 0 Å². The van der Waals surface area contributed by atoms with Crippen molar-refractivity contribution in [3.8, 4) is 11.4 Å². The Morgan fingerprint density at radius 2 is 0.849 bits per heavy atom. The van der Waals surface area contributed by atoms with Crippen LogP contribution in [0.2, 0.25) is 0 Å². The molecule has 3 nitrogen and oxygen atoms in total. The molecule has 0 fully saturated rings. The van der Waals surface area contributed by atoms with Gasteiger partial charge >= 0.3 is 0 Å². The number of benzene rings is 8. The van der Waals surface area contributed by atoms with Crippen LogP contribution in [-0.4, -0.2) is 13.5 Å². The molecule has 53 heavy (non-hydrogen) atoms. The lowest BCUT2D eigenvalue weighted by Gasteiger charge is -2.10. The normalized spacial score (nSPS) is 12.4. The lowest BCUT2D eigenvalue weighted by molar-refractivity contribution is 1.19. The zero-order valence-corrected chi connectivity index (χ0v) is 28.4. The molecule has 0 atom stereocenters. The van der Waals surface area contributed by atoms with Crippen molar-refractivity contribution < 1.29 is 0 Å². The second-order valence-corrected chi connectivity index (χ2v) is 14.4. The molecule has 0 N–H and O–H groups in total. The monoisotopic (exact) mass is 669 g/mol. The topological polar surface area (TPSA) is 14.3 Å². The highest BCUT2D eigenvalue weighted by Crippen LogP contribution is 2.42. The molecule has 0 aliphatic rings. The Hall–Kier alpha value is -7.28. The van der Waals surface area contributed by atoms with Crippen molar-refractivity contribution in [3.63, 3.8) is 0 Å². The van der Waals surface area contributed by atoms with Gasteiger partial charge in [0, 0.05) is 54.2 Å². The Kier molecular flexibility index (Phi) is 5.04. The van der Waals surface area contributed by atoms with E-state index in [0.717, 1.165) is 16.5 Å². The summed E-state index contributed by atoms with van der Waals surface area (Å²) >= 11 is 0. The number of hydrogen-bond acceptors (Lipinski definition) is 0. The average molecular weight is 670 g/mol. The fraction of sp³-hybridized carbons (Fsp3) is 0. The van der Waals surface area contributed by atoms with E-state index < -0.39 is 0 Å². The van der Waals surface area contributed by atoms with Gasteiger partial charge in [-0.1, -0.05) is 103 Å². The third-order valence-corrected chi connectivity index (χ3v) is 11.7. The van der Waals surface area contributed by atoms with Crippen molar-refractivity contribution in [2.45, 2.75) is 0 Å². The zero-order chi connectivity index (χ0) is 34.4. The van der Waals surface area contributed by atoms with E-state index in [0.29, 0.717) is 0 Å². The highest BCUT2D eigenvalue weighted by molar-refractivity contribution is 6.26. The Morgan fingerprint density at radius 1 is 0.321 bits per heavy atom. The highest BCUT2D eigenvalue weighted by atomic mass is 15.0. The summed E-state index contributed by atoms with van der Waals surface area (Å²) in [6.45, 7) is 0. The van der Waals surface area contributed by atoms with E-state index in [1.54, 1.807) is 0 Å². The van der Waals surface area contributed by atoms with Gasteiger partial charge in [0.2, 0.25) is 0 Å². The van der Waals surface area contributed by atoms with Gasteiger partial charge in [-0.15, -0.1) is 0 Å². The third kappa shape index (κ3) is 3.50. The van der Waals surface area contributed by atoms with Gasteiger partial charge in [0.05, 0.1) is 44.3 Å². The van der Waals surface area contributed by atoms with E-state index in [-0.39, 0.29) is 0 Å². The molecule has 4 heterocycles. The predicted molar refractivity (Wildman–Crippen MR) is 222 cm³/mol. The molecule has 9 aromatic carbocycles. The fourth-order valence-electron chi connectivity index (χ4n) is 9.45. The largest absolute Gasteiger partial charge is 0.309 e. The van der Waals surface area contributed by atoms with Crippen molar-refractivity contribution >= 4 is 103 Å². The van der Waals surface area contributed by atoms with Crippen LogP contribution in [0.5, 0.6) is 0 Å². The van der Waals surface area contributed by atoms with Gasteiger partial charge in [0.15, 0.2) is 0 Å². The standard InChI is InChI=1S/C50H27N3/c1-5-16-44-36(10-1)37-11-2-6-17-45(37)51(44)34-22-20-30-26-42-40-14-9-15-41-43-27-31-21-23-35(52-46-18-7-3-12-38(46)39-13-4-8-19-47(39)52)25-33(31)29-49(43)53(50(40)41)48(42)28-32(30)24-34/h1-20,22,24-29H. The van der Waals surface area contributed by atoms with E-state index in [2.05, 4.69) is 189 Å². The predicted octanol–water partition coefficient (Wildman–Crippen LogP) is 12.9. The molecule has 0 aliphatic carbocycles. The first-order valence-electron chi connectivity index (χ1n) is 18.2. The molecule has 0 saturated carbocycles. The van der Waals surface area contributed by atoms with Crippen molar-refractivity contribution in [2.75, 3.05) is 0 Å². The lowest BCUT2D eigenvalue weighted by atomic mass is 10.0. The molecule has 13 aromatic rings. The molecule has 242 valence electrons. The van der Waals surface area contributed by atoms with Crippen molar-refractivity contribution in [2.24, 2.45) is 0 Å². The van der Waals surface area contributed by atoms with Gasteiger partial charge in [-0.3, -0.25) is 0 Å². The van der Waals surface area contributed by atoms with Gasteiger partial charge in [-0.25, -0.2) is 0 Å². The number of nitrogens with zero attached hydrogens (tertiary/aromatic N) is 3. The lowest BCUT2D eigenvalue weighted by Crippen LogP contribution is -1.93. The maximum Gasteiger partial charge on any atom is 0.0980 e. The smallest absolute Gasteiger partial charge is 0.0980 e. The van der Waals surface area contributed by atoms with E-state index >= 15 is 0 Å². The first kappa shape index (κ1) is 27.4. The molecule has 4 aromatic heterocycles. The molecular weight excluding hydrogens is 643 g/mol. The van der Waals surface area contributed by atoms with E-state index in [9.17, 15) is 0 Å². The molecule has 0 bridgehead atoms. The molecule has 0 spiro atoms. The van der Waals surface area contributed by atoms with E-state index in [1.165, 1.54) is 98.2 Å². The fourth-order valence-corrected chi connectivity index (χ4v) is 9.45. The number of rotatable bonds is 2. The Bertz CT molecular complexity index is 3340. The second-order valence-electron chi connectivity index (χ2n) is 14.4. The minimum Gasteiger partial charge on any atom is -0.309 e. The Labute approximate surface area is 303 Å². The maximum absolute atomic E-state index is 3.57. The summed E-state index contributed by atoms with van der Waals surface area (Å²) in [6.07, 6.45) is 0. The molecule has 0 radical (unpaired) electrons. The second kappa shape index (κ2) is 9.73. The van der Waals surface area contributed by atoms with Crippen LogP contribution in [0.4, 0.5) is 0 Å².